The molecule has 8 heteroatoms. The van der Waals surface area contributed by atoms with Gasteiger partial charge in [-0.15, -0.1) is 0 Å². The third-order valence-electron chi connectivity index (χ3n) is 4.47. The van der Waals surface area contributed by atoms with E-state index < -0.39 is 17.6 Å². The Labute approximate surface area is 176 Å². The second-order valence-electron chi connectivity index (χ2n) is 6.85. The van der Waals surface area contributed by atoms with Gasteiger partial charge in [0.2, 0.25) is 0 Å². The zero-order chi connectivity index (χ0) is 21.8. The van der Waals surface area contributed by atoms with Crippen molar-refractivity contribution in [1.82, 2.24) is 0 Å². The second kappa shape index (κ2) is 9.00. The summed E-state index contributed by atoms with van der Waals surface area (Å²) in [6.45, 7) is 0. The zero-order valence-corrected chi connectivity index (χ0v) is 17.9. The van der Waals surface area contributed by atoms with Gasteiger partial charge in [-0.1, -0.05) is 97.1 Å². The van der Waals surface area contributed by atoms with Gasteiger partial charge in [0.1, 0.15) is 0 Å². The van der Waals surface area contributed by atoms with Crippen LogP contribution >= 0.6 is 0 Å². The molecule has 0 saturated carbocycles. The summed E-state index contributed by atoms with van der Waals surface area (Å²) < 4.78 is 0. The molecule has 3 rings (SSSR count). The molecule has 0 atom stereocenters. The smallest absolute Gasteiger partial charge is 0.386 e. The molecule has 6 N–H and O–H groups in total. The van der Waals surface area contributed by atoms with E-state index in [4.69, 9.17) is 0 Å². The summed E-state index contributed by atoms with van der Waals surface area (Å²) in [5.41, 5.74) is 3.71. The van der Waals surface area contributed by atoms with Crippen LogP contribution in [0.4, 0.5) is 0 Å². The molecule has 0 spiro atoms. The van der Waals surface area contributed by atoms with E-state index in [0.717, 1.165) is 22.3 Å². The van der Waals surface area contributed by atoms with Gasteiger partial charge < -0.3 is 28.8 Å². The second-order valence-corrected chi connectivity index (χ2v) is 10.5. The fourth-order valence-electron chi connectivity index (χ4n) is 2.74. The van der Waals surface area contributed by atoms with E-state index in [2.05, 4.69) is 0 Å². The predicted molar refractivity (Wildman–Crippen MR) is 121 cm³/mol. The highest BCUT2D eigenvalue weighted by atomic mass is 28.4. The molecule has 30 heavy (non-hydrogen) atoms. The average Bonchev–Trinajstić information content (AvgIpc) is 2.71. The van der Waals surface area contributed by atoms with Crippen LogP contribution < -0.4 is 10.4 Å². The molecule has 0 unspecified atom stereocenters. The van der Waals surface area contributed by atoms with Crippen molar-refractivity contribution in [1.29, 1.82) is 0 Å². The maximum Gasteiger partial charge on any atom is 0.528 e. The molecule has 0 aliphatic heterocycles. The molecule has 0 radical (unpaired) electrons. The summed E-state index contributed by atoms with van der Waals surface area (Å²) in [7, 11) is -8.51. The minimum absolute atomic E-state index is 0.135. The van der Waals surface area contributed by atoms with Crippen LogP contribution in [0.15, 0.2) is 72.8 Å². The highest BCUT2D eigenvalue weighted by Crippen LogP contribution is 2.12. The van der Waals surface area contributed by atoms with Gasteiger partial charge in [0.05, 0.1) is 0 Å². The quantitative estimate of drug-likeness (QED) is 0.243. The monoisotopic (exact) mass is 438 g/mol. The van der Waals surface area contributed by atoms with Crippen molar-refractivity contribution < 1.29 is 28.8 Å². The SMILES string of the molecule is O[Si](O)(O)c1ccc(/C=C/c2ccc(/C=C/c3ccc([Si](O)(O)O)cc3)cc2)cc1. The molecule has 0 amide bonds. The van der Waals surface area contributed by atoms with E-state index in [0.29, 0.717) is 0 Å². The summed E-state index contributed by atoms with van der Waals surface area (Å²) >= 11 is 0. The normalized spacial score (nSPS) is 12.7. The first-order valence-corrected chi connectivity index (χ1v) is 12.8. The van der Waals surface area contributed by atoms with E-state index in [1.165, 1.54) is 24.3 Å². The lowest BCUT2D eigenvalue weighted by atomic mass is 10.1. The first kappa shape index (κ1) is 22.0. The molecule has 3 aromatic rings. The molecule has 0 aromatic heterocycles. The highest BCUT2D eigenvalue weighted by molar-refractivity contribution is 6.72. The lowest BCUT2D eigenvalue weighted by molar-refractivity contribution is 0.248. The Morgan fingerprint density at radius 2 is 0.567 bits per heavy atom. The largest absolute Gasteiger partial charge is 0.528 e. The third-order valence-corrected chi connectivity index (χ3v) is 6.68. The van der Waals surface area contributed by atoms with Gasteiger partial charge in [-0.3, -0.25) is 0 Å². The van der Waals surface area contributed by atoms with Crippen molar-refractivity contribution in [2.75, 3.05) is 0 Å². The highest BCUT2D eigenvalue weighted by Gasteiger charge is 2.30. The zero-order valence-electron chi connectivity index (χ0n) is 15.9. The predicted octanol–water partition coefficient (Wildman–Crippen LogP) is 0.273. The summed E-state index contributed by atoms with van der Waals surface area (Å²) in [6, 6.07) is 20.6. The van der Waals surface area contributed by atoms with Gasteiger partial charge in [0.25, 0.3) is 0 Å². The maximum atomic E-state index is 9.27. The summed E-state index contributed by atoms with van der Waals surface area (Å²) in [5.74, 6) is 0. The van der Waals surface area contributed by atoms with Gasteiger partial charge in [-0.05, 0) is 22.3 Å². The van der Waals surface area contributed by atoms with E-state index >= 15 is 0 Å². The Morgan fingerprint density at radius 3 is 0.767 bits per heavy atom. The standard InChI is InChI=1S/C22H22O6Si2/c23-29(24,25)21-13-9-19(10-14-21)7-5-17-1-2-18(4-3-17)6-8-20-11-15-22(16-12-20)30(26,27)28/h1-16,23-28H/b7-5+,8-6+. The summed E-state index contributed by atoms with van der Waals surface area (Å²) in [4.78, 5) is 55.6. The fraction of sp³-hybridized carbons (Fsp3) is 0. The van der Waals surface area contributed by atoms with Crippen LogP contribution in [0, 0.1) is 0 Å². The van der Waals surface area contributed by atoms with Crippen molar-refractivity contribution in [2.45, 2.75) is 0 Å². The number of rotatable bonds is 6. The molecule has 0 saturated heterocycles. The summed E-state index contributed by atoms with van der Waals surface area (Å²) in [6.07, 6.45) is 7.63. The van der Waals surface area contributed by atoms with Gasteiger partial charge in [-0.2, -0.15) is 0 Å². The fourth-order valence-corrected chi connectivity index (χ4v) is 3.97. The Morgan fingerprint density at radius 1 is 0.367 bits per heavy atom. The number of benzene rings is 3. The lowest BCUT2D eigenvalue weighted by Crippen LogP contribution is -2.48. The molecular weight excluding hydrogens is 416 g/mol. The molecule has 0 bridgehead atoms. The lowest BCUT2D eigenvalue weighted by Gasteiger charge is -2.09. The van der Waals surface area contributed by atoms with Crippen LogP contribution in [0.5, 0.6) is 0 Å². The molecular formula is C22H22O6Si2. The van der Waals surface area contributed by atoms with Crippen LogP contribution in [0.25, 0.3) is 24.3 Å². The average molecular weight is 439 g/mol. The van der Waals surface area contributed by atoms with E-state index in [1.807, 2.05) is 48.6 Å². The molecule has 3 aromatic carbocycles. The van der Waals surface area contributed by atoms with Crippen LogP contribution in [0.3, 0.4) is 0 Å². The Bertz CT molecular complexity index is 943. The maximum absolute atomic E-state index is 9.27. The van der Waals surface area contributed by atoms with Crippen molar-refractivity contribution in [2.24, 2.45) is 0 Å². The molecule has 0 heterocycles. The van der Waals surface area contributed by atoms with Gasteiger partial charge in [-0.25, -0.2) is 0 Å². The number of hydrogen-bond acceptors (Lipinski definition) is 6. The van der Waals surface area contributed by atoms with Crippen molar-refractivity contribution in [3.63, 3.8) is 0 Å². The molecule has 6 nitrogen and oxygen atoms in total. The minimum atomic E-state index is -4.26. The van der Waals surface area contributed by atoms with Crippen LogP contribution in [0.2, 0.25) is 0 Å². The number of hydrogen-bond donors (Lipinski definition) is 6. The first-order chi connectivity index (χ1) is 14.1. The molecule has 0 aliphatic rings. The van der Waals surface area contributed by atoms with E-state index in [1.54, 1.807) is 24.3 Å². The van der Waals surface area contributed by atoms with Gasteiger partial charge in [0.15, 0.2) is 0 Å². The Kier molecular flexibility index (Phi) is 6.61. The van der Waals surface area contributed by atoms with E-state index in [9.17, 15) is 28.8 Å². The van der Waals surface area contributed by atoms with Crippen LogP contribution in [-0.4, -0.2) is 46.4 Å². The minimum Gasteiger partial charge on any atom is -0.386 e. The van der Waals surface area contributed by atoms with E-state index in [-0.39, 0.29) is 10.4 Å². The van der Waals surface area contributed by atoms with Gasteiger partial charge >= 0.3 is 17.6 Å². The van der Waals surface area contributed by atoms with Gasteiger partial charge in [0, 0.05) is 10.4 Å². The van der Waals surface area contributed by atoms with Crippen molar-refractivity contribution in [3.05, 3.63) is 95.1 Å². The Hall–Kier alpha value is -2.67. The van der Waals surface area contributed by atoms with Crippen LogP contribution in [0.1, 0.15) is 22.3 Å². The Balaban J connectivity index is 1.63. The summed E-state index contributed by atoms with van der Waals surface area (Å²) in [5, 5.41) is 0.270. The first-order valence-electron chi connectivity index (χ1n) is 9.13. The topological polar surface area (TPSA) is 121 Å². The van der Waals surface area contributed by atoms with Crippen molar-refractivity contribution >= 4 is 52.3 Å². The molecule has 0 fully saturated rings. The van der Waals surface area contributed by atoms with Crippen LogP contribution in [-0.2, 0) is 0 Å². The third kappa shape index (κ3) is 6.16. The molecule has 154 valence electrons. The molecule has 0 aliphatic carbocycles. The van der Waals surface area contributed by atoms with Crippen molar-refractivity contribution in [3.8, 4) is 0 Å².